The molecule has 2 rings (SSSR count). The topological polar surface area (TPSA) is 24.5 Å². The second kappa shape index (κ2) is 7.21. The summed E-state index contributed by atoms with van der Waals surface area (Å²) in [6.07, 6.45) is 0.235. The van der Waals surface area contributed by atoms with Crippen molar-refractivity contribution in [2.75, 3.05) is 33.3 Å². The molecule has 2 unspecified atom stereocenters. The second-order valence-electron chi connectivity index (χ2n) is 5.96. The number of nitrogens with zero attached hydrogens (tertiary/aromatic N) is 1. The van der Waals surface area contributed by atoms with E-state index in [1.807, 2.05) is 0 Å². The molecular formula is C17H28N2O. The van der Waals surface area contributed by atoms with Crippen LogP contribution in [-0.2, 0) is 4.74 Å². The van der Waals surface area contributed by atoms with Crippen LogP contribution in [0.2, 0.25) is 0 Å². The molecule has 0 aromatic heterocycles. The fourth-order valence-corrected chi connectivity index (χ4v) is 2.87. The average Bonchev–Trinajstić information content (AvgIpc) is 2.45. The molecule has 1 saturated heterocycles. The number of ether oxygens (including phenoxy) is 1. The predicted octanol–water partition coefficient (Wildman–Crippen LogP) is 2.79. The summed E-state index contributed by atoms with van der Waals surface area (Å²) in [6, 6.07) is 9.40. The maximum Gasteiger partial charge on any atom is 0.0896 e. The molecule has 0 bridgehead atoms. The van der Waals surface area contributed by atoms with Gasteiger partial charge in [-0.15, -0.1) is 0 Å². The average molecular weight is 276 g/mol. The molecule has 0 spiro atoms. The highest BCUT2D eigenvalue weighted by Crippen LogP contribution is 2.29. The molecule has 0 amide bonds. The van der Waals surface area contributed by atoms with Crippen LogP contribution in [0.3, 0.4) is 0 Å². The lowest BCUT2D eigenvalue weighted by Crippen LogP contribution is -2.47. The van der Waals surface area contributed by atoms with Crippen LogP contribution in [0.25, 0.3) is 0 Å². The van der Waals surface area contributed by atoms with Crippen molar-refractivity contribution in [2.45, 2.75) is 38.8 Å². The van der Waals surface area contributed by atoms with Gasteiger partial charge in [0.05, 0.1) is 18.8 Å². The molecule has 2 atom stereocenters. The van der Waals surface area contributed by atoms with Gasteiger partial charge >= 0.3 is 0 Å². The molecule has 1 N–H and O–H groups in total. The number of rotatable bonds is 5. The molecular weight excluding hydrogens is 248 g/mol. The van der Waals surface area contributed by atoms with Gasteiger partial charge in [-0.25, -0.2) is 0 Å². The standard InChI is InChI=1S/C17H28N2O/c1-5-18-12-16-17(19(4)10-11-20-16)15-8-6-14(7-9-15)13(2)3/h6-9,13,16-18H,5,10-12H2,1-4H3. The van der Waals surface area contributed by atoms with Crippen LogP contribution in [0.4, 0.5) is 0 Å². The zero-order valence-corrected chi connectivity index (χ0v) is 13.2. The van der Waals surface area contributed by atoms with E-state index in [0.29, 0.717) is 12.0 Å². The molecule has 0 aliphatic carbocycles. The number of benzene rings is 1. The van der Waals surface area contributed by atoms with Gasteiger partial charge in [-0.1, -0.05) is 45.0 Å². The van der Waals surface area contributed by atoms with Gasteiger partial charge in [0, 0.05) is 13.1 Å². The first-order chi connectivity index (χ1) is 9.63. The number of hydrogen-bond donors (Lipinski definition) is 1. The fraction of sp³-hybridized carbons (Fsp3) is 0.647. The molecule has 112 valence electrons. The quantitative estimate of drug-likeness (QED) is 0.895. The summed E-state index contributed by atoms with van der Waals surface area (Å²) < 4.78 is 5.99. The lowest BCUT2D eigenvalue weighted by Gasteiger charge is -2.39. The lowest BCUT2D eigenvalue weighted by atomic mass is 9.95. The van der Waals surface area contributed by atoms with Crippen LogP contribution >= 0.6 is 0 Å². The normalized spacial score (nSPS) is 24.2. The maximum atomic E-state index is 5.99. The van der Waals surface area contributed by atoms with Crippen LogP contribution in [0.5, 0.6) is 0 Å². The molecule has 3 nitrogen and oxygen atoms in total. The largest absolute Gasteiger partial charge is 0.374 e. The zero-order chi connectivity index (χ0) is 14.5. The van der Waals surface area contributed by atoms with Crippen LogP contribution in [0.15, 0.2) is 24.3 Å². The van der Waals surface area contributed by atoms with Gasteiger partial charge in [0.1, 0.15) is 0 Å². The number of morpholine rings is 1. The van der Waals surface area contributed by atoms with Crippen molar-refractivity contribution in [3.8, 4) is 0 Å². The molecule has 1 heterocycles. The van der Waals surface area contributed by atoms with E-state index >= 15 is 0 Å². The summed E-state index contributed by atoms with van der Waals surface area (Å²) in [7, 11) is 2.20. The van der Waals surface area contributed by atoms with Crippen LogP contribution < -0.4 is 5.32 Å². The van der Waals surface area contributed by atoms with Gasteiger partial charge in [-0.05, 0) is 30.6 Å². The van der Waals surface area contributed by atoms with E-state index in [1.54, 1.807) is 0 Å². The van der Waals surface area contributed by atoms with E-state index in [9.17, 15) is 0 Å². The Morgan fingerprint density at radius 3 is 2.60 bits per heavy atom. The van der Waals surface area contributed by atoms with Gasteiger partial charge in [0.15, 0.2) is 0 Å². The Hall–Kier alpha value is -0.900. The summed E-state index contributed by atoms with van der Waals surface area (Å²) in [6.45, 7) is 10.3. The highest BCUT2D eigenvalue weighted by atomic mass is 16.5. The van der Waals surface area contributed by atoms with Gasteiger partial charge < -0.3 is 10.1 Å². The minimum absolute atomic E-state index is 0.235. The Kier molecular flexibility index (Phi) is 5.58. The fourth-order valence-electron chi connectivity index (χ4n) is 2.87. The SMILES string of the molecule is CCNCC1OCCN(C)C1c1ccc(C(C)C)cc1. The molecule has 3 heteroatoms. The Morgan fingerprint density at radius 1 is 1.30 bits per heavy atom. The smallest absolute Gasteiger partial charge is 0.0896 e. The minimum Gasteiger partial charge on any atom is -0.374 e. The summed E-state index contributed by atoms with van der Waals surface area (Å²) in [5, 5.41) is 3.42. The summed E-state index contributed by atoms with van der Waals surface area (Å²) in [5.41, 5.74) is 2.76. The Morgan fingerprint density at radius 2 is 2.00 bits per heavy atom. The van der Waals surface area contributed by atoms with Gasteiger partial charge in [0.25, 0.3) is 0 Å². The van der Waals surface area contributed by atoms with Crippen molar-refractivity contribution in [2.24, 2.45) is 0 Å². The third-order valence-electron chi connectivity index (χ3n) is 4.14. The molecule has 0 saturated carbocycles. The number of hydrogen-bond acceptors (Lipinski definition) is 3. The molecule has 20 heavy (non-hydrogen) atoms. The lowest BCUT2D eigenvalue weighted by molar-refractivity contribution is -0.0611. The van der Waals surface area contributed by atoms with Crippen molar-refractivity contribution >= 4 is 0 Å². The minimum atomic E-state index is 0.235. The Bertz CT molecular complexity index is 402. The first-order valence-electron chi connectivity index (χ1n) is 7.76. The summed E-state index contributed by atoms with van der Waals surface area (Å²) in [5.74, 6) is 0.585. The zero-order valence-electron chi connectivity index (χ0n) is 13.2. The second-order valence-corrected chi connectivity index (χ2v) is 5.96. The first-order valence-corrected chi connectivity index (χ1v) is 7.76. The summed E-state index contributed by atoms with van der Waals surface area (Å²) >= 11 is 0. The first kappa shape index (κ1) is 15.5. The van der Waals surface area contributed by atoms with Crippen molar-refractivity contribution in [1.82, 2.24) is 10.2 Å². The van der Waals surface area contributed by atoms with Gasteiger partial charge in [0.2, 0.25) is 0 Å². The highest BCUT2D eigenvalue weighted by Gasteiger charge is 2.30. The van der Waals surface area contributed by atoms with Crippen LogP contribution in [0.1, 0.15) is 43.9 Å². The van der Waals surface area contributed by atoms with Gasteiger partial charge in [-0.2, -0.15) is 0 Å². The van der Waals surface area contributed by atoms with Crippen LogP contribution in [0, 0.1) is 0 Å². The van der Waals surface area contributed by atoms with E-state index in [4.69, 9.17) is 4.74 Å². The molecule has 1 aromatic carbocycles. The van der Waals surface area contributed by atoms with E-state index in [0.717, 1.165) is 26.2 Å². The van der Waals surface area contributed by atoms with Gasteiger partial charge in [-0.3, -0.25) is 4.90 Å². The highest BCUT2D eigenvalue weighted by molar-refractivity contribution is 5.28. The van der Waals surface area contributed by atoms with Crippen molar-refractivity contribution in [3.63, 3.8) is 0 Å². The maximum absolute atomic E-state index is 5.99. The molecule has 1 fully saturated rings. The number of nitrogens with one attached hydrogen (secondary N) is 1. The van der Waals surface area contributed by atoms with E-state index < -0.39 is 0 Å². The summed E-state index contributed by atoms with van der Waals surface area (Å²) in [4.78, 5) is 2.41. The Balaban J connectivity index is 2.16. The Labute approximate surface area is 123 Å². The monoisotopic (exact) mass is 276 g/mol. The van der Waals surface area contributed by atoms with E-state index in [-0.39, 0.29) is 6.10 Å². The number of likely N-dealkylation sites (N-methyl/N-ethyl adjacent to an activating group) is 2. The molecule has 1 aromatic rings. The van der Waals surface area contributed by atoms with Crippen LogP contribution in [-0.4, -0.2) is 44.3 Å². The van der Waals surface area contributed by atoms with E-state index in [1.165, 1.54) is 11.1 Å². The van der Waals surface area contributed by atoms with E-state index in [2.05, 4.69) is 62.3 Å². The third kappa shape index (κ3) is 3.60. The third-order valence-corrected chi connectivity index (χ3v) is 4.14. The van der Waals surface area contributed by atoms with Crippen molar-refractivity contribution < 1.29 is 4.74 Å². The van der Waals surface area contributed by atoms with Crippen molar-refractivity contribution in [1.29, 1.82) is 0 Å². The predicted molar refractivity (Wildman–Crippen MR) is 84.2 cm³/mol. The molecule has 1 aliphatic heterocycles. The molecule has 1 aliphatic rings. The molecule has 0 radical (unpaired) electrons. The van der Waals surface area contributed by atoms with Crippen molar-refractivity contribution in [3.05, 3.63) is 35.4 Å².